The summed E-state index contributed by atoms with van der Waals surface area (Å²) in [5.41, 5.74) is 0.0341. The van der Waals surface area contributed by atoms with Crippen molar-refractivity contribution in [2.75, 3.05) is 32.8 Å². The van der Waals surface area contributed by atoms with Crippen molar-refractivity contribution in [1.29, 1.82) is 0 Å². The van der Waals surface area contributed by atoms with Crippen molar-refractivity contribution in [1.82, 2.24) is 9.21 Å². The van der Waals surface area contributed by atoms with Gasteiger partial charge >= 0.3 is 5.97 Å². The molecule has 2 heterocycles. The molecule has 0 aromatic heterocycles. The van der Waals surface area contributed by atoms with Gasteiger partial charge in [-0.15, -0.1) is 0 Å². The average molecular weight is 382 g/mol. The summed E-state index contributed by atoms with van der Waals surface area (Å²) in [6, 6.07) is 5.14. The number of carboxylic acid groups (broad SMARTS) is 1. The van der Waals surface area contributed by atoms with E-state index in [-0.39, 0.29) is 29.5 Å². The minimum atomic E-state index is -3.71. The monoisotopic (exact) mass is 382 g/mol. The van der Waals surface area contributed by atoms with E-state index in [9.17, 15) is 18.0 Å². The van der Waals surface area contributed by atoms with Crippen molar-refractivity contribution in [2.45, 2.75) is 30.3 Å². The van der Waals surface area contributed by atoms with E-state index in [4.69, 9.17) is 9.84 Å². The Kier molecular flexibility index (Phi) is 5.59. The lowest BCUT2D eigenvalue weighted by Crippen LogP contribution is -2.53. The Morgan fingerprint density at radius 1 is 1.04 bits per heavy atom. The third-order valence-electron chi connectivity index (χ3n) is 4.74. The first-order valence-corrected chi connectivity index (χ1v) is 10.1. The number of hydrogen-bond donors (Lipinski definition) is 1. The van der Waals surface area contributed by atoms with Crippen molar-refractivity contribution < 1.29 is 27.9 Å². The smallest absolute Gasteiger partial charge is 0.335 e. The summed E-state index contributed by atoms with van der Waals surface area (Å²) in [7, 11) is -3.71. The van der Waals surface area contributed by atoms with Gasteiger partial charge in [0.05, 0.1) is 10.5 Å². The largest absolute Gasteiger partial charge is 0.478 e. The summed E-state index contributed by atoms with van der Waals surface area (Å²) in [5.74, 6) is -1.17. The molecule has 0 saturated carbocycles. The predicted octanol–water partition coefficient (Wildman–Crippen LogP) is 0.787. The number of benzene rings is 1. The third kappa shape index (κ3) is 3.89. The average Bonchev–Trinajstić information content (AvgIpc) is 2.68. The molecule has 2 saturated heterocycles. The molecule has 0 bridgehead atoms. The van der Waals surface area contributed by atoms with Crippen molar-refractivity contribution in [3.63, 3.8) is 0 Å². The SMILES string of the molecule is O=C(O)c1ccc(S(=O)(=O)N2CCN(C(=O)C3CCCCO3)CC2)cc1. The Balaban J connectivity index is 1.63. The zero-order valence-electron chi connectivity index (χ0n) is 14.3. The van der Waals surface area contributed by atoms with Gasteiger partial charge in [0.1, 0.15) is 6.10 Å². The number of carbonyl (C=O) groups excluding carboxylic acids is 1. The second-order valence-corrected chi connectivity index (χ2v) is 8.35. The van der Waals surface area contributed by atoms with Crippen LogP contribution in [0.5, 0.6) is 0 Å². The van der Waals surface area contributed by atoms with E-state index >= 15 is 0 Å². The minimum Gasteiger partial charge on any atom is -0.478 e. The molecular formula is C17H22N2O6S. The fraction of sp³-hybridized carbons (Fsp3) is 0.529. The fourth-order valence-corrected chi connectivity index (χ4v) is 4.63. The van der Waals surface area contributed by atoms with Crippen LogP contribution >= 0.6 is 0 Å². The number of amides is 1. The summed E-state index contributed by atoms with van der Waals surface area (Å²) >= 11 is 0. The molecule has 9 heteroatoms. The second kappa shape index (κ2) is 7.73. The van der Waals surface area contributed by atoms with E-state index < -0.39 is 22.1 Å². The van der Waals surface area contributed by atoms with Gasteiger partial charge in [0.2, 0.25) is 10.0 Å². The molecule has 2 aliphatic rings. The molecule has 26 heavy (non-hydrogen) atoms. The van der Waals surface area contributed by atoms with Crippen LogP contribution in [0.3, 0.4) is 0 Å². The van der Waals surface area contributed by atoms with Crippen LogP contribution in [0.2, 0.25) is 0 Å². The lowest BCUT2D eigenvalue weighted by molar-refractivity contribution is -0.147. The van der Waals surface area contributed by atoms with Gasteiger partial charge < -0.3 is 14.7 Å². The summed E-state index contributed by atoms with van der Waals surface area (Å²) in [6.45, 7) is 1.66. The topological polar surface area (TPSA) is 104 Å². The Hall–Kier alpha value is -1.97. The first-order valence-electron chi connectivity index (χ1n) is 8.63. The van der Waals surface area contributed by atoms with Gasteiger partial charge in [0.15, 0.2) is 0 Å². The van der Waals surface area contributed by atoms with Gasteiger partial charge in [-0.2, -0.15) is 4.31 Å². The molecule has 1 atom stereocenters. The maximum atomic E-state index is 12.7. The molecule has 2 aliphatic heterocycles. The fourth-order valence-electron chi connectivity index (χ4n) is 3.21. The molecule has 3 rings (SSSR count). The molecule has 0 aliphatic carbocycles. The number of carboxylic acids is 1. The molecule has 1 aromatic rings. The van der Waals surface area contributed by atoms with Crippen LogP contribution in [0.1, 0.15) is 29.6 Å². The van der Waals surface area contributed by atoms with Crippen LogP contribution in [0.15, 0.2) is 29.2 Å². The van der Waals surface area contributed by atoms with Crippen LogP contribution in [0.25, 0.3) is 0 Å². The predicted molar refractivity (Wildman–Crippen MR) is 92.3 cm³/mol. The maximum Gasteiger partial charge on any atom is 0.335 e. The van der Waals surface area contributed by atoms with Gasteiger partial charge in [-0.1, -0.05) is 0 Å². The molecule has 1 unspecified atom stereocenters. The van der Waals surface area contributed by atoms with Crippen LogP contribution in [-0.4, -0.2) is 73.5 Å². The highest BCUT2D eigenvalue weighted by Gasteiger charge is 2.33. The standard InChI is InChI=1S/C17H22N2O6S/c20-16(15-3-1-2-12-25-15)18-8-10-19(11-9-18)26(23,24)14-6-4-13(5-7-14)17(21)22/h4-7,15H,1-3,8-12H2,(H,21,22). The second-order valence-electron chi connectivity index (χ2n) is 6.41. The van der Waals surface area contributed by atoms with E-state index in [0.717, 1.165) is 12.8 Å². The van der Waals surface area contributed by atoms with Gasteiger partial charge in [-0.25, -0.2) is 13.2 Å². The summed E-state index contributed by atoms with van der Waals surface area (Å²) in [6.07, 6.45) is 2.25. The Morgan fingerprint density at radius 2 is 1.69 bits per heavy atom. The van der Waals surface area contributed by atoms with Gasteiger partial charge in [0, 0.05) is 32.8 Å². The van der Waals surface area contributed by atoms with Crippen LogP contribution < -0.4 is 0 Å². The number of rotatable bonds is 4. The van der Waals surface area contributed by atoms with Crippen molar-refractivity contribution in [2.24, 2.45) is 0 Å². The molecule has 0 radical (unpaired) electrons. The molecule has 8 nitrogen and oxygen atoms in total. The van der Waals surface area contributed by atoms with Gasteiger partial charge in [0.25, 0.3) is 5.91 Å². The van der Waals surface area contributed by atoms with Crippen LogP contribution in [-0.2, 0) is 19.6 Å². The number of nitrogens with zero attached hydrogens (tertiary/aromatic N) is 2. The first kappa shape index (κ1) is 18.8. The van der Waals surface area contributed by atoms with Crippen molar-refractivity contribution in [3.05, 3.63) is 29.8 Å². The van der Waals surface area contributed by atoms with E-state index in [1.54, 1.807) is 4.90 Å². The van der Waals surface area contributed by atoms with E-state index in [2.05, 4.69) is 0 Å². The molecular weight excluding hydrogens is 360 g/mol. The highest BCUT2D eigenvalue weighted by atomic mass is 32.2. The van der Waals surface area contributed by atoms with E-state index in [0.29, 0.717) is 26.1 Å². The normalized spacial score (nSPS) is 22.2. The molecule has 0 spiro atoms. The van der Waals surface area contributed by atoms with E-state index in [1.165, 1.54) is 28.6 Å². The number of sulfonamides is 1. The number of carbonyl (C=O) groups is 2. The Bertz CT molecular complexity index is 763. The van der Waals surface area contributed by atoms with Gasteiger partial charge in [-0.05, 0) is 43.5 Å². The molecule has 2 fully saturated rings. The number of piperazine rings is 1. The van der Waals surface area contributed by atoms with Crippen LogP contribution in [0, 0.1) is 0 Å². The van der Waals surface area contributed by atoms with Crippen molar-refractivity contribution >= 4 is 21.9 Å². The lowest BCUT2D eigenvalue weighted by atomic mass is 10.1. The molecule has 142 valence electrons. The first-order chi connectivity index (χ1) is 12.4. The van der Waals surface area contributed by atoms with E-state index in [1.807, 2.05) is 0 Å². The summed E-state index contributed by atoms with van der Waals surface area (Å²) in [5, 5.41) is 8.91. The highest BCUT2D eigenvalue weighted by Crippen LogP contribution is 2.20. The number of aromatic carboxylic acids is 1. The lowest BCUT2D eigenvalue weighted by Gasteiger charge is -2.36. The zero-order chi connectivity index (χ0) is 18.7. The van der Waals surface area contributed by atoms with Crippen LogP contribution in [0.4, 0.5) is 0 Å². The highest BCUT2D eigenvalue weighted by molar-refractivity contribution is 7.89. The zero-order valence-corrected chi connectivity index (χ0v) is 15.2. The number of ether oxygens (including phenoxy) is 1. The maximum absolute atomic E-state index is 12.7. The third-order valence-corrected chi connectivity index (χ3v) is 6.66. The molecule has 1 aromatic carbocycles. The van der Waals surface area contributed by atoms with Gasteiger partial charge in [-0.3, -0.25) is 4.79 Å². The molecule has 1 N–H and O–H groups in total. The molecule has 1 amide bonds. The van der Waals surface area contributed by atoms with Crippen molar-refractivity contribution in [3.8, 4) is 0 Å². The summed E-state index contributed by atoms with van der Waals surface area (Å²) in [4.78, 5) is 25.1. The quantitative estimate of drug-likeness (QED) is 0.826. The summed E-state index contributed by atoms with van der Waals surface area (Å²) < 4.78 is 32.2. The minimum absolute atomic E-state index is 0.0341. The number of hydrogen-bond acceptors (Lipinski definition) is 5. The Labute approximate surface area is 152 Å². The Morgan fingerprint density at radius 3 is 2.23 bits per heavy atom.